The molecule has 2 N–H and O–H groups in total. The maximum atomic E-state index is 6.85. The van der Waals surface area contributed by atoms with Crippen molar-refractivity contribution in [1.29, 1.82) is 0 Å². The Bertz CT molecular complexity index is 1140. The van der Waals surface area contributed by atoms with Crippen LogP contribution in [0.1, 0.15) is 16.7 Å². The first-order valence-electron chi connectivity index (χ1n) is 9.39. The van der Waals surface area contributed by atoms with Gasteiger partial charge in [0.1, 0.15) is 0 Å². The molecule has 0 unspecified atom stereocenters. The smallest absolute Gasteiger partial charge is 0.0442 e. The summed E-state index contributed by atoms with van der Waals surface area (Å²) in [4.78, 5) is 0. The van der Waals surface area contributed by atoms with Crippen LogP contribution in [0.2, 0.25) is 0 Å². The summed E-state index contributed by atoms with van der Waals surface area (Å²) in [5, 5.41) is 0. The molecule has 0 saturated carbocycles. The number of hydrogen-bond donors (Lipinski definition) is 1. The molecule has 4 aromatic carbocycles. The molecule has 0 aromatic heterocycles. The Kier molecular flexibility index (Phi) is 3.61. The van der Waals surface area contributed by atoms with Crippen LogP contribution < -0.4 is 5.73 Å². The first kappa shape index (κ1) is 15.9. The molecule has 0 radical (unpaired) electrons. The van der Waals surface area contributed by atoms with Gasteiger partial charge in [-0.1, -0.05) is 84.9 Å². The van der Waals surface area contributed by atoms with Crippen LogP contribution >= 0.6 is 0 Å². The molecule has 1 heteroatoms. The third kappa shape index (κ3) is 2.39. The Morgan fingerprint density at radius 2 is 1.19 bits per heavy atom. The normalized spacial score (nSPS) is 11.9. The highest BCUT2D eigenvalue weighted by Gasteiger charge is 2.28. The largest absolute Gasteiger partial charge is 0.398 e. The van der Waals surface area contributed by atoms with Gasteiger partial charge in [0.2, 0.25) is 0 Å². The van der Waals surface area contributed by atoms with Crippen molar-refractivity contribution >= 4 is 5.69 Å². The Balaban J connectivity index is 1.91. The van der Waals surface area contributed by atoms with Crippen LogP contribution in [0.5, 0.6) is 0 Å². The standard InChI is InChI=1S/C26H21N/c1-17-23(18-10-4-2-5-11-18)25(19-12-6-3-7-13-19)26(27)22-16-20-14-8-9-15-21(20)24(17)22/h2-15H,16,27H2,1H3. The van der Waals surface area contributed by atoms with E-state index in [0.29, 0.717) is 0 Å². The lowest BCUT2D eigenvalue weighted by molar-refractivity contribution is 1.26. The molecule has 5 rings (SSSR count). The van der Waals surface area contributed by atoms with Gasteiger partial charge in [-0.05, 0) is 51.4 Å². The summed E-state index contributed by atoms with van der Waals surface area (Å²) >= 11 is 0. The molecular formula is C26H21N. The van der Waals surface area contributed by atoms with Gasteiger partial charge in [-0.3, -0.25) is 0 Å². The van der Waals surface area contributed by atoms with Gasteiger partial charge in [0.15, 0.2) is 0 Å². The van der Waals surface area contributed by atoms with Gasteiger partial charge in [0.25, 0.3) is 0 Å². The summed E-state index contributed by atoms with van der Waals surface area (Å²) in [7, 11) is 0. The number of anilines is 1. The molecule has 0 aliphatic heterocycles. The maximum Gasteiger partial charge on any atom is 0.0442 e. The minimum absolute atomic E-state index is 0.910. The fourth-order valence-electron chi connectivity index (χ4n) is 4.49. The molecule has 1 aliphatic rings. The second kappa shape index (κ2) is 6.14. The summed E-state index contributed by atoms with van der Waals surface area (Å²) in [5.74, 6) is 0. The molecule has 0 heterocycles. The zero-order valence-corrected chi connectivity index (χ0v) is 15.4. The fraction of sp³-hybridized carbons (Fsp3) is 0.0769. The van der Waals surface area contributed by atoms with Gasteiger partial charge in [0, 0.05) is 17.7 Å². The summed E-state index contributed by atoms with van der Waals surface area (Å²) in [6.07, 6.45) is 0.910. The van der Waals surface area contributed by atoms with Gasteiger partial charge in [-0.15, -0.1) is 0 Å². The van der Waals surface area contributed by atoms with Crippen molar-refractivity contribution in [2.75, 3.05) is 5.73 Å². The lowest BCUT2D eigenvalue weighted by Crippen LogP contribution is -2.02. The van der Waals surface area contributed by atoms with Crippen LogP contribution in [0.25, 0.3) is 33.4 Å². The molecule has 0 saturated heterocycles. The topological polar surface area (TPSA) is 26.0 Å². The Hall–Kier alpha value is -3.32. The summed E-state index contributed by atoms with van der Waals surface area (Å²) in [5.41, 5.74) is 19.2. The molecule has 130 valence electrons. The minimum atomic E-state index is 0.910. The van der Waals surface area contributed by atoms with Gasteiger partial charge in [-0.2, -0.15) is 0 Å². The Morgan fingerprint density at radius 1 is 0.630 bits per heavy atom. The summed E-state index contributed by atoms with van der Waals surface area (Å²) in [6.45, 7) is 2.25. The predicted molar refractivity (Wildman–Crippen MR) is 115 cm³/mol. The van der Waals surface area contributed by atoms with Crippen LogP contribution in [0.15, 0.2) is 84.9 Å². The third-order valence-corrected chi connectivity index (χ3v) is 5.68. The highest BCUT2D eigenvalue weighted by atomic mass is 14.6. The number of benzene rings is 4. The van der Waals surface area contributed by atoms with Crippen molar-refractivity contribution in [3.05, 3.63) is 102 Å². The van der Waals surface area contributed by atoms with Crippen LogP contribution in [-0.4, -0.2) is 0 Å². The molecule has 0 spiro atoms. The van der Waals surface area contributed by atoms with E-state index in [1.165, 1.54) is 44.5 Å². The van der Waals surface area contributed by atoms with E-state index in [9.17, 15) is 0 Å². The zero-order valence-electron chi connectivity index (χ0n) is 15.4. The number of rotatable bonds is 2. The number of fused-ring (bicyclic) bond motifs is 3. The molecule has 0 atom stereocenters. The van der Waals surface area contributed by atoms with Crippen molar-refractivity contribution in [3.63, 3.8) is 0 Å². The highest BCUT2D eigenvalue weighted by molar-refractivity contribution is 6.01. The summed E-state index contributed by atoms with van der Waals surface area (Å²) in [6, 6.07) is 29.8. The highest BCUT2D eigenvalue weighted by Crippen LogP contribution is 2.50. The predicted octanol–water partition coefficient (Wildman–Crippen LogP) is 6.48. The Labute approximate surface area is 160 Å². The van der Waals surface area contributed by atoms with Crippen molar-refractivity contribution in [2.45, 2.75) is 13.3 Å². The average molecular weight is 347 g/mol. The number of hydrogen-bond acceptors (Lipinski definition) is 1. The molecule has 4 aromatic rings. The number of nitrogen functional groups attached to an aromatic ring is 1. The van der Waals surface area contributed by atoms with Gasteiger partial charge >= 0.3 is 0 Å². The quantitative estimate of drug-likeness (QED) is 0.363. The molecular weight excluding hydrogens is 326 g/mol. The van der Waals surface area contributed by atoms with Crippen molar-refractivity contribution < 1.29 is 0 Å². The molecule has 27 heavy (non-hydrogen) atoms. The first-order chi connectivity index (χ1) is 13.3. The van der Waals surface area contributed by atoms with Gasteiger partial charge < -0.3 is 5.73 Å². The monoisotopic (exact) mass is 347 g/mol. The van der Waals surface area contributed by atoms with E-state index in [-0.39, 0.29) is 0 Å². The van der Waals surface area contributed by atoms with E-state index in [4.69, 9.17) is 5.73 Å². The van der Waals surface area contributed by atoms with E-state index >= 15 is 0 Å². The van der Waals surface area contributed by atoms with Crippen molar-refractivity contribution in [3.8, 4) is 33.4 Å². The fourth-order valence-corrected chi connectivity index (χ4v) is 4.49. The van der Waals surface area contributed by atoms with E-state index in [1.54, 1.807) is 0 Å². The van der Waals surface area contributed by atoms with E-state index < -0.39 is 0 Å². The Morgan fingerprint density at radius 3 is 1.85 bits per heavy atom. The van der Waals surface area contributed by atoms with Crippen LogP contribution in [-0.2, 0) is 6.42 Å². The molecule has 0 fully saturated rings. The molecule has 1 nitrogen and oxygen atoms in total. The van der Waals surface area contributed by atoms with Crippen LogP contribution in [0.4, 0.5) is 5.69 Å². The van der Waals surface area contributed by atoms with Crippen molar-refractivity contribution in [2.24, 2.45) is 0 Å². The van der Waals surface area contributed by atoms with Crippen molar-refractivity contribution in [1.82, 2.24) is 0 Å². The average Bonchev–Trinajstić information content (AvgIpc) is 3.12. The molecule has 0 bridgehead atoms. The summed E-state index contributed by atoms with van der Waals surface area (Å²) < 4.78 is 0. The minimum Gasteiger partial charge on any atom is -0.398 e. The second-order valence-electron chi connectivity index (χ2n) is 7.21. The first-order valence-corrected chi connectivity index (χ1v) is 9.39. The number of nitrogens with two attached hydrogens (primary N) is 1. The maximum absolute atomic E-state index is 6.85. The molecule has 1 aliphatic carbocycles. The van der Waals surface area contributed by atoms with Gasteiger partial charge in [0.05, 0.1) is 0 Å². The third-order valence-electron chi connectivity index (χ3n) is 5.68. The zero-order chi connectivity index (χ0) is 18.4. The van der Waals surface area contributed by atoms with E-state index in [2.05, 4.69) is 91.9 Å². The lowest BCUT2D eigenvalue weighted by Gasteiger charge is -2.21. The lowest BCUT2D eigenvalue weighted by atomic mass is 9.84. The van der Waals surface area contributed by atoms with Gasteiger partial charge in [-0.25, -0.2) is 0 Å². The second-order valence-corrected chi connectivity index (χ2v) is 7.21. The van der Waals surface area contributed by atoms with E-state index in [1.807, 2.05) is 0 Å². The SMILES string of the molecule is Cc1c2c(c(N)c(-c3ccccc3)c1-c1ccccc1)Cc1ccccc1-2. The van der Waals surface area contributed by atoms with Crippen LogP contribution in [0, 0.1) is 6.92 Å². The molecule has 0 amide bonds. The van der Waals surface area contributed by atoms with Crippen LogP contribution in [0.3, 0.4) is 0 Å². The van der Waals surface area contributed by atoms with E-state index in [0.717, 1.165) is 17.7 Å².